The molecule has 30 heavy (non-hydrogen) atoms. The topological polar surface area (TPSA) is 71.9 Å². The molecule has 1 aliphatic rings. The van der Waals surface area contributed by atoms with Gasteiger partial charge in [-0.15, -0.1) is 0 Å². The molecule has 0 amide bonds. The third-order valence-electron chi connectivity index (χ3n) is 4.90. The molecule has 0 aliphatic carbocycles. The maximum absolute atomic E-state index is 13.7. The SMILES string of the molecule is Cc1cccc(N=C(NO)c2ccc(NCCN3CCNCC3)c(C(F)(F)F)c2)c1. The van der Waals surface area contributed by atoms with Crippen LogP contribution in [0, 0.1) is 6.92 Å². The molecule has 0 aromatic heterocycles. The van der Waals surface area contributed by atoms with E-state index >= 15 is 0 Å². The van der Waals surface area contributed by atoms with Crippen molar-refractivity contribution < 1.29 is 18.4 Å². The van der Waals surface area contributed by atoms with Crippen LogP contribution in [0.2, 0.25) is 0 Å². The van der Waals surface area contributed by atoms with Crippen molar-refractivity contribution >= 4 is 17.2 Å². The van der Waals surface area contributed by atoms with E-state index in [0.29, 0.717) is 18.8 Å². The minimum absolute atomic E-state index is 0.00855. The fourth-order valence-corrected chi connectivity index (χ4v) is 3.34. The van der Waals surface area contributed by atoms with Crippen LogP contribution in [0.1, 0.15) is 16.7 Å². The lowest BCUT2D eigenvalue weighted by Crippen LogP contribution is -2.45. The maximum Gasteiger partial charge on any atom is 0.418 e. The van der Waals surface area contributed by atoms with Crippen molar-refractivity contribution in [2.75, 3.05) is 44.6 Å². The van der Waals surface area contributed by atoms with Gasteiger partial charge < -0.3 is 10.6 Å². The summed E-state index contributed by atoms with van der Waals surface area (Å²) in [6.45, 7) is 6.50. The van der Waals surface area contributed by atoms with Crippen LogP contribution in [-0.2, 0) is 6.18 Å². The molecule has 1 fully saturated rings. The van der Waals surface area contributed by atoms with Crippen molar-refractivity contribution in [3.63, 3.8) is 0 Å². The summed E-state index contributed by atoms with van der Waals surface area (Å²) in [6, 6.07) is 11.0. The molecule has 1 saturated heterocycles. The number of piperazine rings is 1. The van der Waals surface area contributed by atoms with Gasteiger partial charge in [0.05, 0.1) is 11.3 Å². The number of rotatable bonds is 6. The number of halogens is 3. The molecule has 4 N–H and O–H groups in total. The third-order valence-corrected chi connectivity index (χ3v) is 4.90. The standard InChI is InChI=1S/C21H26F3N5O/c1-15-3-2-4-17(13-15)27-20(28-30)16-5-6-19(18(14-16)21(22,23)24)26-9-12-29-10-7-25-8-11-29/h2-6,13-14,25-26,30H,7-12H2,1H3,(H,27,28). The van der Waals surface area contributed by atoms with Crippen molar-refractivity contribution in [2.45, 2.75) is 13.1 Å². The van der Waals surface area contributed by atoms with Gasteiger partial charge in [-0.25, -0.2) is 4.99 Å². The van der Waals surface area contributed by atoms with Gasteiger partial charge in [-0.05, 0) is 42.8 Å². The van der Waals surface area contributed by atoms with Gasteiger partial charge in [0.25, 0.3) is 0 Å². The second-order valence-corrected chi connectivity index (χ2v) is 7.19. The molecule has 0 spiro atoms. The third kappa shape index (κ3) is 5.94. The van der Waals surface area contributed by atoms with Gasteiger partial charge in [0.15, 0.2) is 5.84 Å². The Morgan fingerprint density at radius 2 is 1.93 bits per heavy atom. The van der Waals surface area contributed by atoms with Gasteiger partial charge in [0.1, 0.15) is 0 Å². The minimum Gasteiger partial charge on any atom is -0.383 e. The van der Waals surface area contributed by atoms with Gasteiger partial charge in [0.2, 0.25) is 0 Å². The molecule has 2 aromatic carbocycles. The first-order valence-corrected chi connectivity index (χ1v) is 9.81. The highest BCUT2D eigenvalue weighted by atomic mass is 19.4. The lowest BCUT2D eigenvalue weighted by molar-refractivity contribution is -0.137. The number of nitrogens with zero attached hydrogens (tertiary/aromatic N) is 2. The summed E-state index contributed by atoms with van der Waals surface area (Å²) < 4.78 is 41.0. The van der Waals surface area contributed by atoms with E-state index in [1.54, 1.807) is 18.2 Å². The molecule has 1 aliphatic heterocycles. The largest absolute Gasteiger partial charge is 0.418 e. The van der Waals surface area contributed by atoms with E-state index in [4.69, 9.17) is 0 Å². The van der Waals surface area contributed by atoms with E-state index in [1.807, 2.05) is 18.5 Å². The highest BCUT2D eigenvalue weighted by molar-refractivity contribution is 6.00. The average Bonchev–Trinajstić information content (AvgIpc) is 2.72. The van der Waals surface area contributed by atoms with Crippen LogP contribution >= 0.6 is 0 Å². The second-order valence-electron chi connectivity index (χ2n) is 7.19. The molecular formula is C21H26F3N5O. The number of aryl methyl sites for hydroxylation is 1. The van der Waals surface area contributed by atoms with Gasteiger partial charge in [-0.2, -0.15) is 13.2 Å². The molecule has 0 radical (unpaired) electrons. The van der Waals surface area contributed by atoms with Gasteiger partial charge >= 0.3 is 6.18 Å². The van der Waals surface area contributed by atoms with Crippen LogP contribution in [0.25, 0.3) is 0 Å². The number of anilines is 1. The van der Waals surface area contributed by atoms with Crippen LogP contribution in [-0.4, -0.2) is 55.2 Å². The first-order chi connectivity index (χ1) is 14.4. The first kappa shape index (κ1) is 22.1. The van der Waals surface area contributed by atoms with E-state index in [-0.39, 0.29) is 17.1 Å². The highest BCUT2D eigenvalue weighted by Gasteiger charge is 2.34. The summed E-state index contributed by atoms with van der Waals surface area (Å²) in [4.78, 5) is 6.44. The molecule has 3 rings (SSSR count). The number of hydrogen-bond donors (Lipinski definition) is 4. The monoisotopic (exact) mass is 421 g/mol. The first-order valence-electron chi connectivity index (χ1n) is 9.81. The van der Waals surface area contributed by atoms with E-state index < -0.39 is 11.7 Å². The number of amidine groups is 1. The van der Waals surface area contributed by atoms with E-state index in [1.165, 1.54) is 12.1 Å². The van der Waals surface area contributed by atoms with Gasteiger partial charge in [-0.3, -0.25) is 15.6 Å². The maximum atomic E-state index is 13.7. The number of nitrogens with one attached hydrogen (secondary N) is 3. The fraction of sp³-hybridized carbons (Fsp3) is 0.381. The Hall–Kier alpha value is -2.62. The fourth-order valence-electron chi connectivity index (χ4n) is 3.34. The van der Waals surface area contributed by atoms with Crippen LogP contribution in [0.5, 0.6) is 0 Å². The number of hydroxylamine groups is 1. The van der Waals surface area contributed by atoms with Crippen molar-refractivity contribution in [3.05, 3.63) is 59.2 Å². The number of alkyl halides is 3. The van der Waals surface area contributed by atoms with Crippen molar-refractivity contribution in [2.24, 2.45) is 4.99 Å². The van der Waals surface area contributed by atoms with Gasteiger partial charge in [0, 0.05) is 50.5 Å². The molecule has 6 nitrogen and oxygen atoms in total. The smallest absolute Gasteiger partial charge is 0.383 e. The Kier molecular flexibility index (Phi) is 7.30. The predicted molar refractivity (Wildman–Crippen MR) is 112 cm³/mol. The molecule has 162 valence electrons. The van der Waals surface area contributed by atoms with Crippen LogP contribution in [0.3, 0.4) is 0 Å². The van der Waals surface area contributed by atoms with Gasteiger partial charge in [-0.1, -0.05) is 12.1 Å². The number of hydrogen-bond acceptors (Lipinski definition) is 5. The zero-order valence-corrected chi connectivity index (χ0v) is 16.8. The molecule has 0 atom stereocenters. The summed E-state index contributed by atoms with van der Waals surface area (Å²) in [7, 11) is 0. The Labute approximate surface area is 173 Å². The molecular weight excluding hydrogens is 395 g/mol. The van der Waals surface area contributed by atoms with Crippen molar-refractivity contribution in [3.8, 4) is 0 Å². The van der Waals surface area contributed by atoms with Crippen LogP contribution in [0.4, 0.5) is 24.5 Å². The zero-order chi connectivity index (χ0) is 21.6. The summed E-state index contributed by atoms with van der Waals surface area (Å²) in [5.41, 5.74) is 2.75. The summed E-state index contributed by atoms with van der Waals surface area (Å²) in [6.07, 6.45) is -4.54. The minimum atomic E-state index is -4.54. The van der Waals surface area contributed by atoms with Crippen LogP contribution in [0.15, 0.2) is 47.5 Å². The molecule has 1 heterocycles. The Morgan fingerprint density at radius 3 is 2.60 bits per heavy atom. The molecule has 9 heteroatoms. The van der Waals surface area contributed by atoms with E-state index in [0.717, 1.165) is 37.8 Å². The Balaban J connectivity index is 1.80. The lowest BCUT2D eigenvalue weighted by Gasteiger charge is -2.27. The quantitative estimate of drug-likeness (QED) is 0.327. The lowest BCUT2D eigenvalue weighted by atomic mass is 10.1. The second kappa shape index (κ2) is 9.92. The highest BCUT2D eigenvalue weighted by Crippen LogP contribution is 2.35. The zero-order valence-electron chi connectivity index (χ0n) is 16.8. The van der Waals surface area contributed by atoms with Crippen molar-refractivity contribution in [1.29, 1.82) is 0 Å². The molecule has 2 aromatic rings. The van der Waals surface area contributed by atoms with E-state index in [9.17, 15) is 18.4 Å². The summed E-state index contributed by atoms with van der Waals surface area (Å²) in [5, 5.41) is 15.6. The Morgan fingerprint density at radius 1 is 1.17 bits per heavy atom. The average molecular weight is 421 g/mol. The molecule has 0 bridgehead atoms. The summed E-state index contributed by atoms with van der Waals surface area (Å²) in [5.74, 6) is -0.0570. The van der Waals surface area contributed by atoms with Crippen molar-refractivity contribution in [1.82, 2.24) is 15.7 Å². The molecule has 0 saturated carbocycles. The predicted octanol–water partition coefficient (Wildman–Crippen LogP) is 3.39. The van der Waals surface area contributed by atoms with E-state index in [2.05, 4.69) is 20.5 Å². The Bertz CT molecular complexity index is 879. The van der Waals surface area contributed by atoms with Crippen LogP contribution < -0.4 is 16.1 Å². The normalized spacial score (nSPS) is 15.8. The molecule has 0 unspecified atom stereocenters. The number of benzene rings is 2. The summed E-state index contributed by atoms with van der Waals surface area (Å²) >= 11 is 0. The number of aliphatic imine (C=N–C) groups is 1.